The van der Waals surface area contributed by atoms with Gasteiger partial charge in [0.1, 0.15) is 0 Å². The summed E-state index contributed by atoms with van der Waals surface area (Å²) in [6.45, 7) is 2.42. The average molecular weight is 271 g/mol. The number of carboxylic acid groups (broad SMARTS) is 1. The first-order chi connectivity index (χ1) is 8.91. The topological polar surface area (TPSA) is 98.7 Å². The predicted octanol–water partition coefficient (Wildman–Crippen LogP) is -0.125. The maximum Gasteiger partial charge on any atom is 0.317 e. The fourth-order valence-corrected chi connectivity index (χ4v) is 1.55. The summed E-state index contributed by atoms with van der Waals surface area (Å²) in [6.07, 6.45) is 1.90. The van der Waals surface area contributed by atoms with Crippen LogP contribution in [0.15, 0.2) is 0 Å². The second-order valence-electron chi connectivity index (χ2n) is 4.92. The van der Waals surface area contributed by atoms with Gasteiger partial charge in [-0.2, -0.15) is 0 Å². The van der Waals surface area contributed by atoms with Crippen molar-refractivity contribution in [2.75, 3.05) is 26.7 Å². The van der Waals surface area contributed by atoms with Gasteiger partial charge < -0.3 is 20.6 Å². The van der Waals surface area contributed by atoms with Crippen LogP contribution in [-0.2, 0) is 9.59 Å². The summed E-state index contributed by atoms with van der Waals surface area (Å²) >= 11 is 0. The van der Waals surface area contributed by atoms with Crippen LogP contribution in [0.3, 0.4) is 0 Å². The molecule has 1 fully saturated rings. The Morgan fingerprint density at radius 2 is 1.84 bits per heavy atom. The number of nitrogens with one attached hydrogen (secondary N) is 2. The van der Waals surface area contributed by atoms with Crippen LogP contribution in [0.25, 0.3) is 0 Å². The number of hydrogen-bond acceptors (Lipinski definition) is 3. The van der Waals surface area contributed by atoms with Crippen LogP contribution < -0.4 is 10.6 Å². The van der Waals surface area contributed by atoms with Crippen molar-refractivity contribution in [3.8, 4) is 0 Å². The van der Waals surface area contributed by atoms with Gasteiger partial charge in [-0.1, -0.05) is 6.92 Å². The van der Waals surface area contributed by atoms with Crippen molar-refractivity contribution in [3.63, 3.8) is 0 Å². The van der Waals surface area contributed by atoms with Crippen molar-refractivity contribution in [2.45, 2.75) is 19.8 Å². The van der Waals surface area contributed by atoms with E-state index in [1.807, 2.05) is 0 Å². The van der Waals surface area contributed by atoms with Gasteiger partial charge in [0.05, 0.1) is 5.92 Å². The van der Waals surface area contributed by atoms with Crippen molar-refractivity contribution < 1.29 is 19.5 Å². The van der Waals surface area contributed by atoms with Gasteiger partial charge in [0, 0.05) is 32.6 Å². The minimum absolute atomic E-state index is 0.0436. The molecule has 1 unspecified atom stereocenters. The smallest absolute Gasteiger partial charge is 0.317 e. The minimum Gasteiger partial charge on any atom is -0.481 e. The highest BCUT2D eigenvalue weighted by Crippen LogP contribution is 2.28. The monoisotopic (exact) mass is 271 g/mol. The van der Waals surface area contributed by atoms with Gasteiger partial charge in [-0.05, 0) is 12.8 Å². The Labute approximate surface area is 112 Å². The maximum absolute atomic E-state index is 11.6. The average Bonchev–Trinajstić information content (AvgIpc) is 3.17. The second kappa shape index (κ2) is 6.96. The lowest BCUT2D eigenvalue weighted by atomic mass is 10.2. The van der Waals surface area contributed by atoms with Gasteiger partial charge in [0.15, 0.2) is 0 Å². The van der Waals surface area contributed by atoms with Crippen LogP contribution >= 0.6 is 0 Å². The first-order valence-electron chi connectivity index (χ1n) is 6.41. The molecule has 1 aliphatic rings. The van der Waals surface area contributed by atoms with E-state index in [4.69, 9.17) is 5.11 Å². The molecule has 108 valence electrons. The van der Waals surface area contributed by atoms with Gasteiger partial charge in [-0.25, -0.2) is 4.79 Å². The van der Waals surface area contributed by atoms with Crippen LogP contribution in [0.1, 0.15) is 19.8 Å². The second-order valence-corrected chi connectivity index (χ2v) is 4.92. The molecule has 1 rings (SSSR count). The Bertz CT molecular complexity index is 355. The SMILES string of the molecule is CC(CN(C)C(=O)NCCNC(=O)C1CC1)C(=O)O. The number of carbonyl (C=O) groups is 3. The molecular weight excluding hydrogens is 250 g/mol. The van der Waals surface area contributed by atoms with Crippen molar-refractivity contribution >= 4 is 17.9 Å². The summed E-state index contributed by atoms with van der Waals surface area (Å²) in [4.78, 5) is 34.9. The van der Waals surface area contributed by atoms with Gasteiger partial charge in [-0.15, -0.1) is 0 Å². The van der Waals surface area contributed by atoms with E-state index in [0.29, 0.717) is 13.1 Å². The third-order valence-electron chi connectivity index (χ3n) is 2.96. The van der Waals surface area contributed by atoms with E-state index in [1.54, 1.807) is 6.92 Å². The van der Waals surface area contributed by atoms with Crippen LogP contribution in [-0.4, -0.2) is 54.6 Å². The molecule has 0 bridgehead atoms. The standard InChI is InChI=1S/C12H21N3O4/c1-8(11(17)18)7-15(2)12(19)14-6-5-13-10(16)9-3-4-9/h8-9H,3-7H2,1-2H3,(H,13,16)(H,14,19)(H,17,18). The Morgan fingerprint density at radius 3 is 2.37 bits per heavy atom. The summed E-state index contributed by atoms with van der Waals surface area (Å²) in [5.41, 5.74) is 0. The normalized spacial score (nSPS) is 15.5. The highest BCUT2D eigenvalue weighted by Gasteiger charge is 2.29. The van der Waals surface area contributed by atoms with E-state index in [0.717, 1.165) is 12.8 Å². The molecule has 0 aromatic heterocycles. The molecule has 0 radical (unpaired) electrons. The Morgan fingerprint density at radius 1 is 1.26 bits per heavy atom. The molecule has 0 saturated heterocycles. The zero-order chi connectivity index (χ0) is 14.4. The lowest BCUT2D eigenvalue weighted by Gasteiger charge is -2.20. The van der Waals surface area contributed by atoms with E-state index in [-0.39, 0.29) is 24.4 Å². The lowest BCUT2D eigenvalue weighted by Crippen LogP contribution is -2.43. The fourth-order valence-electron chi connectivity index (χ4n) is 1.55. The molecule has 7 nitrogen and oxygen atoms in total. The molecule has 1 aliphatic carbocycles. The highest BCUT2D eigenvalue weighted by molar-refractivity contribution is 5.81. The third kappa shape index (κ3) is 5.58. The number of aliphatic carboxylic acids is 1. The minimum atomic E-state index is -0.934. The molecule has 0 aliphatic heterocycles. The summed E-state index contributed by atoms with van der Waals surface area (Å²) in [5, 5.41) is 14.1. The van der Waals surface area contributed by atoms with Crippen LogP contribution in [0.5, 0.6) is 0 Å². The predicted molar refractivity (Wildman–Crippen MR) is 68.6 cm³/mol. The first kappa shape index (κ1) is 15.3. The molecule has 0 heterocycles. The van der Waals surface area contributed by atoms with Crippen molar-refractivity contribution in [2.24, 2.45) is 11.8 Å². The zero-order valence-electron chi connectivity index (χ0n) is 11.3. The first-order valence-corrected chi connectivity index (χ1v) is 6.41. The Balaban J connectivity index is 2.12. The summed E-state index contributed by atoms with van der Waals surface area (Å²) in [7, 11) is 1.54. The molecule has 1 atom stereocenters. The number of amides is 3. The molecule has 19 heavy (non-hydrogen) atoms. The fraction of sp³-hybridized carbons (Fsp3) is 0.750. The van der Waals surface area contributed by atoms with Crippen molar-refractivity contribution in [1.29, 1.82) is 0 Å². The number of carboxylic acids is 1. The molecule has 7 heteroatoms. The van der Waals surface area contributed by atoms with Gasteiger partial charge >= 0.3 is 12.0 Å². The number of carbonyl (C=O) groups excluding carboxylic acids is 2. The summed E-state index contributed by atoms with van der Waals surface area (Å²) < 4.78 is 0. The quantitative estimate of drug-likeness (QED) is 0.562. The van der Waals surface area contributed by atoms with Crippen LogP contribution in [0.4, 0.5) is 4.79 Å². The molecule has 1 saturated carbocycles. The molecule has 0 spiro atoms. The number of nitrogens with zero attached hydrogens (tertiary/aromatic N) is 1. The highest BCUT2D eigenvalue weighted by atomic mass is 16.4. The molecule has 0 aromatic rings. The van der Waals surface area contributed by atoms with Gasteiger partial charge in [0.2, 0.25) is 5.91 Å². The van der Waals surface area contributed by atoms with Crippen LogP contribution in [0, 0.1) is 11.8 Å². The molecule has 3 amide bonds. The van der Waals surface area contributed by atoms with E-state index in [1.165, 1.54) is 11.9 Å². The van der Waals surface area contributed by atoms with Crippen molar-refractivity contribution in [1.82, 2.24) is 15.5 Å². The molecule has 3 N–H and O–H groups in total. The van der Waals surface area contributed by atoms with E-state index in [2.05, 4.69) is 10.6 Å². The molecular formula is C12H21N3O4. The molecule has 0 aromatic carbocycles. The summed E-state index contributed by atoms with van der Waals surface area (Å²) in [5.74, 6) is -1.33. The van der Waals surface area contributed by atoms with E-state index in [9.17, 15) is 14.4 Å². The Hall–Kier alpha value is -1.79. The summed E-state index contributed by atoms with van der Waals surface area (Å²) in [6, 6.07) is -0.339. The third-order valence-corrected chi connectivity index (χ3v) is 2.96. The van der Waals surface area contributed by atoms with E-state index < -0.39 is 11.9 Å². The largest absolute Gasteiger partial charge is 0.481 e. The van der Waals surface area contributed by atoms with Gasteiger partial charge in [-0.3, -0.25) is 9.59 Å². The lowest BCUT2D eigenvalue weighted by molar-refractivity contribution is -0.141. The van der Waals surface area contributed by atoms with E-state index >= 15 is 0 Å². The van der Waals surface area contributed by atoms with Crippen LogP contribution in [0.2, 0.25) is 0 Å². The Kier molecular flexibility index (Phi) is 5.59. The number of hydrogen-bond donors (Lipinski definition) is 3. The van der Waals surface area contributed by atoms with Crippen molar-refractivity contribution in [3.05, 3.63) is 0 Å². The van der Waals surface area contributed by atoms with Gasteiger partial charge in [0.25, 0.3) is 0 Å². The zero-order valence-corrected chi connectivity index (χ0v) is 11.3. The number of urea groups is 1. The maximum atomic E-state index is 11.6. The number of rotatable bonds is 7.